The van der Waals surface area contributed by atoms with Crippen LogP contribution in [0.5, 0.6) is 5.75 Å². The maximum atomic E-state index is 10.8. The van der Waals surface area contributed by atoms with Crippen molar-refractivity contribution in [3.63, 3.8) is 0 Å². The molecule has 2 rings (SSSR count). The Morgan fingerprint density at radius 3 is 3.00 bits per heavy atom. The average molecular weight is 203 g/mol. The van der Waals surface area contributed by atoms with Crippen molar-refractivity contribution in [2.24, 2.45) is 0 Å². The maximum absolute atomic E-state index is 10.8. The summed E-state index contributed by atoms with van der Waals surface area (Å²) in [5.41, 5.74) is 0.337. The van der Waals surface area contributed by atoms with Gasteiger partial charge in [0.25, 0.3) is 0 Å². The molecule has 1 aromatic heterocycles. The molecule has 0 atom stereocenters. The van der Waals surface area contributed by atoms with Crippen LogP contribution in [0.25, 0.3) is 10.3 Å². The van der Waals surface area contributed by atoms with Crippen molar-refractivity contribution < 1.29 is 9.52 Å². The second-order valence-corrected chi connectivity index (χ2v) is 3.59. The van der Waals surface area contributed by atoms with Crippen molar-refractivity contribution in [3.8, 4) is 5.75 Å². The van der Waals surface area contributed by atoms with Crippen LogP contribution in [-0.4, -0.2) is 5.11 Å². The molecular weight excluding hydrogens is 200 g/mol. The number of halogens is 1. The Labute approximate surface area is 75.8 Å². The van der Waals surface area contributed by atoms with E-state index in [0.29, 0.717) is 10.3 Å². The molecule has 0 saturated carbocycles. The van der Waals surface area contributed by atoms with Gasteiger partial charge in [-0.2, -0.15) is 0 Å². The molecule has 0 aliphatic heterocycles. The number of phenols is 1. The lowest BCUT2D eigenvalue weighted by Crippen LogP contribution is -1.79. The molecule has 0 spiro atoms. The van der Waals surface area contributed by atoms with Gasteiger partial charge in [-0.3, -0.25) is 0 Å². The Morgan fingerprint density at radius 1 is 1.50 bits per heavy atom. The van der Waals surface area contributed by atoms with Crippen molar-refractivity contribution in [2.75, 3.05) is 0 Å². The van der Waals surface area contributed by atoms with E-state index in [1.807, 2.05) is 0 Å². The van der Waals surface area contributed by atoms with Crippen LogP contribution >= 0.6 is 22.9 Å². The van der Waals surface area contributed by atoms with Gasteiger partial charge in [-0.25, -0.2) is 4.79 Å². The first-order chi connectivity index (χ1) is 5.66. The van der Waals surface area contributed by atoms with E-state index in [9.17, 15) is 4.79 Å². The first-order valence-electron chi connectivity index (χ1n) is 3.09. The van der Waals surface area contributed by atoms with Gasteiger partial charge in [0.15, 0.2) is 5.58 Å². The highest BCUT2D eigenvalue weighted by Gasteiger charge is 2.07. The summed E-state index contributed by atoms with van der Waals surface area (Å²) < 4.78 is 5.33. The number of aromatic hydroxyl groups is 1. The average Bonchev–Trinajstić information content (AvgIpc) is 2.29. The minimum Gasteiger partial charge on any atom is -0.508 e. The summed E-state index contributed by atoms with van der Waals surface area (Å²) in [4.78, 5) is 10.3. The zero-order valence-electron chi connectivity index (χ0n) is 5.70. The Bertz CT molecular complexity index is 485. The molecule has 0 fully saturated rings. The molecule has 0 bridgehead atoms. The molecule has 3 nitrogen and oxygen atoms in total. The fourth-order valence-corrected chi connectivity index (χ4v) is 1.96. The van der Waals surface area contributed by atoms with E-state index in [4.69, 9.17) is 21.1 Å². The van der Waals surface area contributed by atoms with Crippen molar-refractivity contribution in [1.29, 1.82) is 0 Å². The number of benzene rings is 1. The molecule has 5 heteroatoms. The molecule has 62 valence electrons. The predicted octanol–water partition coefficient (Wildman–Crippen LogP) is 2.21. The van der Waals surface area contributed by atoms with Gasteiger partial charge in [0.2, 0.25) is 0 Å². The number of hydrogen-bond donors (Lipinski definition) is 1. The van der Waals surface area contributed by atoms with Crippen LogP contribution in [0.15, 0.2) is 21.3 Å². The topological polar surface area (TPSA) is 50.4 Å². The highest BCUT2D eigenvalue weighted by Crippen LogP contribution is 2.29. The zero-order chi connectivity index (χ0) is 8.72. The molecule has 0 unspecified atom stereocenters. The van der Waals surface area contributed by atoms with Gasteiger partial charge < -0.3 is 9.52 Å². The normalized spacial score (nSPS) is 10.8. The summed E-state index contributed by atoms with van der Waals surface area (Å²) in [6.07, 6.45) is 0. The summed E-state index contributed by atoms with van der Waals surface area (Å²) >= 11 is 6.60. The molecule has 0 aliphatic rings. The fourth-order valence-electron chi connectivity index (χ4n) is 0.923. The second-order valence-electron chi connectivity index (χ2n) is 2.21. The van der Waals surface area contributed by atoms with Gasteiger partial charge in [0, 0.05) is 12.1 Å². The number of fused-ring (bicyclic) bond motifs is 1. The van der Waals surface area contributed by atoms with Crippen LogP contribution in [0, 0.1) is 0 Å². The van der Waals surface area contributed by atoms with Crippen molar-refractivity contribution in [2.45, 2.75) is 0 Å². The minimum absolute atomic E-state index is 0.0320. The van der Waals surface area contributed by atoms with Gasteiger partial charge in [0.1, 0.15) is 5.75 Å². The van der Waals surface area contributed by atoms with Crippen molar-refractivity contribution >= 4 is 33.2 Å². The van der Waals surface area contributed by atoms with E-state index in [2.05, 4.69) is 0 Å². The Balaban J connectivity index is 2.97. The molecule has 0 saturated heterocycles. The van der Waals surface area contributed by atoms with E-state index in [1.165, 1.54) is 12.1 Å². The summed E-state index contributed by atoms with van der Waals surface area (Å²) in [6, 6.07) is 2.77. The second kappa shape index (κ2) is 2.50. The van der Waals surface area contributed by atoms with Crippen LogP contribution in [0.3, 0.4) is 0 Å². The molecule has 1 heterocycles. The van der Waals surface area contributed by atoms with Gasteiger partial charge in [-0.05, 0) is 0 Å². The van der Waals surface area contributed by atoms with Crippen molar-refractivity contribution in [3.05, 3.63) is 26.9 Å². The van der Waals surface area contributed by atoms with Crippen LogP contribution in [0.4, 0.5) is 0 Å². The predicted molar refractivity (Wildman–Crippen MR) is 47.0 cm³/mol. The molecule has 0 amide bonds. The van der Waals surface area contributed by atoms with E-state index in [-0.39, 0.29) is 10.8 Å². The van der Waals surface area contributed by atoms with E-state index >= 15 is 0 Å². The molecular formula is C7H3ClO3S. The standard InChI is InChI=1S/C7H3ClO3S/c8-4-1-3(9)2-5-6(4)11-7(10)12-5/h1-2,9H. The first-order valence-corrected chi connectivity index (χ1v) is 4.28. The van der Waals surface area contributed by atoms with E-state index in [1.54, 1.807) is 0 Å². The fraction of sp³-hybridized carbons (Fsp3) is 0. The Hall–Kier alpha value is -1.000. The lowest BCUT2D eigenvalue weighted by molar-refractivity contribution is 0.475. The molecule has 1 N–H and O–H groups in total. The smallest absolute Gasteiger partial charge is 0.396 e. The zero-order valence-corrected chi connectivity index (χ0v) is 7.28. The minimum atomic E-state index is -0.419. The molecule has 0 aliphatic carbocycles. The number of phenolic OH excluding ortho intramolecular Hbond substituents is 1. The number of hydrogen-bond acceptors (Lipinski definition) is 4. The molecule has 2 aromatic rings. The first kappa shape index (κ1) is 7.64. The van der Waals surface area contributed by atoms with E-state index < -0.39 is 4.94 Å². The van der Waals surface area contributed by atoms with Crippen molar-refractivity contribution in [1.82, 2.24) is 0 Å². The van der Waals surface area contributed by atoms with Crippen LogP contribution in [0.1, 0.15) is 0 Å². The van der Waals surface area contributed by atoms with Gasteiger partial charge in [-0.15, -0.1) is 0 Å². The quantitative estimate of drug-likeness (QED) is 0.713. The van der Waals surface area contributed by atoms with Gasteiger partial charge in [0.05, 0.1) is 9.72 Å². The largest absolute Gasteiger partial charge is 0.508 e. The SMILES string of the molecule is O=c1oc2c(Cl)cc(O)cc2s1. The third-order valence-corrected chi connectivity index (χ3v) is 2.43. The Kier molecular flexibility index (Phi) is 1.59. The number of rotatable bonds is 0. The molecule has 1 aromatic carbocycles. The maximum Gasteiger partial charge on any atom is 0.396 e. The van der Waals surface area contributed by atoms with Crippen LogP contribution < -0.4 is 4.94 Å². The van der Waals surface area contributed by atoms with Gasteiger partial charge >= 0.3 is 4.94 Å². The highest BCUT2D eigenvalue weighted by molar-refractivity contribution is 7.16. The van der Waals surface area contributed by atoms with Gasteiger partial charge in [-0.1, -0.05) is 22.9 Å². The third kappa shape index (κ3) is 1.09. The lowest BCUT2D eigenvalue weighted by Gasteiger charge is -1.92. The highest BCUT2D eigenvalue weighted by atomic mass is 35.5. The summed E-state index contributed by atoms with van der Waals surface area (Å²) in [5, 5.41) is 9.35. The third-order valence-electron chi connectivity index (χ3n) is 1.37. The Morgan fingerprint density at radius 2 is 2.25 bits per heavy atom. The summed E-state index contributed by atoms with van der Waals surface area (Å²) in [6.45, 7) is 0. The summed E-state index contributed by atoms with van der Waals surface area (Å²) in [7, 11) is 0. The monoisotopic (exact) mass is 202 g/mol. The van der Waals surface area contributed by atoms with E-state index in [0.717, 1.165) is 11.3 Å². The molecule has 0 radical (unpaired) electrons. The lowest BCUT2D eigenvalue weighted by atomic mass is 10.3. The van der Waals surface area contributed by atoms with Crippen LogP contribution in [0.2, 0.25) is 5.02 Å². The van der Waals surface area contributed by atoms with Crippen LogP contribution in [-0.2, 0) is 0 Å². The molecule has 12 heavy (non-hydrogen) atoms. The summed E-state index contributed by atoms with van der Waals surface area (Å²) in [5.74, 6) is 0.0320.